The molecule has 0 radical (unpaired) electrons. The van der Waals surface area contributed by atoms with Crippen molar-refractivity contribution in [2.45, 2.75) is 125 Å². The maximum atomic E-state index is 2.24. The Bertz CT molecular complexity index is 5580. The van der Waals surface area contributed by atoms with E-state index in [1.165, 1.54) is 200 Å². The van der Waals surface area contributed by atoms with E-state index in [4.69, 9.17) is 0 Å². The summed E-state index contributed by atoms with van der Waals surface area (Å²) in [5.41, 5.74) is 42.0. The first-order valence-corrected chi connectivity index (χ1v) is 40.7. The maximum Gasteiger partial charge on any atom is -0.0103 e. The lowest BCUT2D eigenvalue weighted by Crippen LogP contribution is -1.88. The zero-order valence-electron chi connectivity index (χ0n) is 71.8. The average molecular weight is 1510 g/mol. The molecule has 0 aliphatic rings. The summed E-state index contributed by atoms with van der Waals surface area (Å²) in [6.07, 6.45) is 0. The Morgan fingerprint density at radius 1 is 0.103 bits per heavy atom. The molecule has 580 valence electrons. The fraction of sp³-hybridized carbons (Fsp3) is 0.155. The molecule has 0 heterocycles. The molecule has 0 N–H and O–H groups in total. The molecule has 0 saturated heterocycles. The van der Waals surface area contributed by atoms with Gasteiger partial charge in [-0.1, -0.05) is 454 Å². The Labute approximate surface area is 695 Å². The molecule has 0 atom stereocenters. The third-order valence-corrected chi connectivity index (χ3v) is 20.9. The van der Waals surface area contributed by atoms with E-state index in [-0.39, 0.29) is 0 Å². The molecule has 0 amide bonds. The van der Waals surface area contributed by atoms with E-state index in [2.05, 4.69) is 501 Å². The van der Waals surface area contributed by atoms with Gasteiger partial charge < -0.3 is 0 Å². The Morgan fingerprint density at radius 3 is 0.534 bits per heavy atom. The number of hydrogen-bond donors (Lipinski definition) is 0. The van der Waals surface area contributed by atoms with Crippen LogP contribution in [0.3, 0.4) is 0 Å². The molecule has 0 unspecified atom stereocenters. The lowest BCUT2D eigenvalue weighted by atomic mass is 9.94. The van der Waals surface area contributed by atoms with Gasteiger partial charge in [0, 0.05) is 0 Å². The molecule has 0 aromatic heterocycles. The predicted molar refractivity (Wildman–Crippen MR) is 510 cm³/mol. The van der Waals surface area contributed by atoms with Gasteiger partial charge in [0.25, 0.3) is 0 Å². The van der Waals surface area contributed by atoms with E-state index < -0.39 is 0 Å². The molecule has 0 fully saturated rings. The molecular formula is C116H116. The summed E-state index contributed by atoms with van der Waals surface area (Å²) in [7, 11) is 0. The SMILES string of the molecule is Cc1ccc(-c2ccc(C)c3ccccc23)cc1.Cc1ccc(-c2ccc(C)c3ccccc23)cc1.Cc1ccc(-c2ccc(C)cc2)cc1.Cc1ccc(-c2ccc(C)cc2C)c(C)c1.Cc1ccc(-c2cccc(C)c2)cc1.Cc1ccc(-c2cccc(C)c2)cc1.Cc1ccc(C)cc1.Cc1cccc(-c2cccc(C)c2)c1. The fourth-order valence-electron chi connectivity index (χ4n) is 14.0. The second-order valence-corrected chi connectivity index (χ2v) is 31.4. The van der Waals surface area contributed by atoms with Crippen molar-refractivity contribution in [2.24, 2.45) is 0 Å². The molecule has 0 aliphatic heterocycles. The lowest BCUT2D eigenvalue weighted by Gasteiger charge is -2.10. The minimum absolute atomic E-state index is 1.29. The largest absolute Gasteiger partial charge is 0.0616 e. The Kier molecular flexibility index (Phi) is 31.3. The summed E-state index contributed by atoms with van der Waals surface area (Å²) < 4.78 is 0. The van der Waals surface area contributed by atoms with Crippen LogP contribution in [0.5, 0.6) is 0 Å². The highest BCUT2D eigenvalue weighted by atomic mass is 14.1. The average Bonchev–Trinajstić information content (AvgIpc) is 0.797. The van der Waals surface area contributed by atoms with Crippen LogP contribution in [0.15, 0.2) is 376 Å². The monoisotopic (exact) mass is 1510 g/mol. The molecule has 0 bridgehead atoms. The van der Waals surface area contributed by atoms with Crippen LogP contribution in [0, 0.1) is 125 Å². The van der Waals surface area contributed by atoms with E-state index in [9.17, 15) is 0 Å². The maximum absolute atomic E-state index is 2.24. The summed E-state index contributed by atoms with van der Waals surface area (Å²) in [5.74, 6) is 0. The van der Waals surface area contributed by atoms with Crippen molar-refractivity contribution >= 4 is 21.5 Å². The standard InChI is InChI=1S/2C18H16.C16H18.4C14H14.C8H10/c2*1-13-7-10-15(11-8-13)17-12-9-14(2)16-5-3-4-6-18(16)17;1-11-5-7-15(13(3)9-11)16-8-6-12(2)10-14(16)4;1-11-3-7-13(8-4-11)14-9-5-12(2)6-10-14;1-11-5-3-7-13(9-11)14-8-4-6-12(2)10-14;2*1-11-6-8-13(9-7-11)14-5-3-4-12(2)10-14;1-7-3-5-8(2)6-4-7/h2*3-12H,1-2H3;5-10H,1-4H3;4*3-10H,1-2H3;3-6H,1-2H3. The van der Waals surface area contributed by atoms with Crippen molar-refractivity contribution in [3.05, 3.63) is 476 Å². The van der Waals surface area contributed by atoms with Crippen molar-refractivity contribution in [2.75, 3.05) is 0 Å². The normalized spacial score (nSPS) is 10.3. The number of hydrogen-bond acceptors (Lipinski definition) is 0. The highest BCUT2D eigenvalue weighted by Gasteiger charge is 2.10. The van der Waals surface area contributed by atoms with Crippen LogP contribution in [0.1, 0.15) is 100 Å². The molecule has 17 aromatic carbocycles. The Hall–Kier alpha value is -12.7. The fourth-order valence-corrected chi connectivity index (χ4v) is 14.0. The van der Waals surface area contributed by atoms with Crippen molar-refractivity contribution in [3.8, 4) is 77.9 Å². The van der Waals surface area contributed by atoms with Crippen LogP contribution in [-0.4, -0.2) is 0 Å². The van der Waals surface area contributed by atoms with Gasteiger partial charge >= 0.3 is 0 Å². The third kappa shape index (κ3) is 25.6. The van der Waals surface area contributed by atoms with Crippen LogP contribution >= 0.6 is 0 Å². The molecule has 0 spiro atoms. The molecule has 0 aliphatic carbocycles. The van der Waals surface area contributed by atoms with Crippen LogP contribution in [-0.2, 0) is 0 Å². The molecule has 17 rings (SSSR count). The number of fused-ring (bicyclic) bond motifs is 2. The van der Waals surface area contributed by atoms with E-state index in [1.54, 1.807) is 0 Å². The number of aryl methyl sites for hydroxylation is 18. The van der Waals surface area contributed by atoms with Crippen LogP contribution in [0.4, 0.5) is 0 Å². The van der Waals surface area contributed by atoms with Crippen molar-refractivity contribution in [1.29, 1.82) is 0 Å². The lowest BCUT2D eigenvalue weighted by molar-refractivity contribution is 1.34. The summed E-state index contributed by atoms with van der Waals surface area (Å²) in [4.78, 5) is 0. The van der Waals surface area contributed by atoms with Gasteiger partial charge in [-0.05, 0) is 246 Å². The smallest absolute Gasteiger partial charge is 0.0103 e. The second-order valence-electron chi connectivity index (χ2n) is 31.4. The topological polar surface area (TPSA) is 0 Å². The summed E-state index contributed by atoms with van der Waals surface area (Å²) >= 11 is 0. The zero-order valence-corrected chi connectivity index (χ0v) is 71.8. The van der Waals surface area contributed by atoms with Crippen molar-refractivity contribution < 1.29 is 0 Å². The third-order valence-electron chi connectivity index (χ3n) is 20.9. The van der Waals surface area contributed by atoms with Gasteiger partial charge in [0.05, 0.1) is 0 Å². The molecule has 0 saturated carbocycles. The summed E-state index contributed by atoms with van der Waals surface area (Å²) in [6.45, 7) is 38.3. The van der Waals surface area contributed by atoms with Gasteiger partial charge in [-0.25, -0.2) is 0 Å². The van der Waals surface area contributed by atoms with E-state index >= 15 is 0 Å². The van der Waals surface area contributed by atoms with Gasteiger partial charge in [-0.3, -0.25) is 0 Å². The summed E-state index contributed by atoms with van der Waals surface area (Å²) in [5, 5.41) is 5.36. The first-order chi connectivity index (χ1) is 55.9. The quantitative estimate of drug-likeness (QED) is 0.149. The zero-order chi connectivity index (χ0) is 82.6. The Balaban J connectivity index is 0.000000141. The number of rotatable bonds is 7. The van der Waals surface area contributed by atoms with E-state index in [0.717, 1.165) is 0 Å². The molecule has 0 heteroatoms. The number of benzene rings is 17. The second kappa shape index (κ2) is 42.4. The highest BCUT2D eigenvalue weighted by molar-refractivity contribution is 5.99. The van der Waals surface area contributed by atoms with Gasteiger partial charge in [0.1, 0.15) is 0 Å². The van der Waals surface area contributed by atoms with Gasteiger partial charge in [0.2, 0.25) is 0 Å². The Morgan fingerprint density at radius 2 is 0.293 bits per heavy atom. The first-order valence-electron chi connectivity index (χ1n) is 40.7. The molecule has 17 aromatic rings. The van der Waals surface area contributed by atoms with Crippen LogP contribution in [0.2, 0.25) is 0 Å². The predicted octanol–water partition coefficient (Wildman–Crippen LogP) is 33.0. The molecule has 116 heavy (non-hydrogen) atoms. The van der Waals surface area contributed by atoms with Crippen LogP contribution < -0.4 is 0 Å². The van der Waals surface area contributed by atoms with Crippen molar-refractivity contribution in [1.82, 2.24) is 0 Å². The van der Waals surface area contributed by atoms with Crippen LogP contribution in [0.25, 0.3) is 99.4 Å². The highest BCUT2D eigenvalue weighted by Crippen LogP contribution is 2.34. The van der Waals surface area contributed by atoms with Gasteiger partial charge in [-0.15, -0.1) is 0 Å². The molecule has 0 nitrogen and oxygen atoms in total. The first kappa shape index (κ1) is 85.7. The minimum Gasteiger partial charge on any atom is -0.0616 e. The van der Waals surface area contributed by atoms with E-state index in [1.807, 2.05) is 0 Å². The summed E-state index contributed by atoms with van der Waals surface area (Å²) in [6, 6.07) is 134. The molecular weight excluding hydrogens is 1390 g/mol. The van der Waals surface area contributed by atoms with Crippen molar-refractivity contribution in [3.63, 3.8) is 0 Å². The van der Waals surface area contributed by atoms with E-state index in [0.29, 0.717) is 0 Å². The minimum atomic E-state index is 1.29. The van der Waals surface area contributed by atoms with Gasteiger partial charge in [-0.2, -0.15) is 0 Å². The van der Waals surface area contributed by atoms with Gasteiger partial charge in [0.15, 0.2) is 0 Å².